The van der Waals surface area contributed by atoms with Gasteiger partial charge in [0.25, 0.3) is 0 Å². The normalized spacial score (nSPS) is 18.7. The highest BCUT2D eigenvalue weighted by Gasteiger charge is 2.36. The summed E-state index contributed by atoms with van der Waals surface area (Å²) < 4.78 is 5.53. The van der Waals surface area contributed by atoms with Gasteiger partial charge in [-0.15, -0.1) is 0 Å². The van der Waals surface area contributed by atoms with Crippen LogP contribution in [-0.2, 0) is 9.53 Å². The van der Waals surface area contributed by atoms with Crippen molar-refractivity contribution in [2.75, 3.05) is 6.54 Å². The number of likely N-dealkylation sites (tertiary alicyclic amines) is 1. The second-order valence-electron chi connectivity index (χ2n) is 7.62. The highest BCUT2D eigenvalue weighted by molar-refractivity contribution is 7.80. The van der Waals surface area contributed by atoms with Crippen molar-refractivity contribution in [2.24, 2.45) is 5.92 Å². The maximum Gasteiger partial charge on any atom is 0.329 e. The molecule has 0 saturated carbocycles. The smallest absolute Gasteiger partial charge is 0.329 e. The summed E-state index contributed by atoms with van der Waals surface area (Å²) in [6.07, 6.45) is 2.00. The molecule has 1 saturated heterocycles. The molecule has 0 aromatic heterocycles. The predicted octanol–water partition coefficient (Wildman–Crippen LogP) is 4.03. The average Bonchev–Trinajstić information content (AvgIpc) is 3.03. The van der Waals surface area contributed by atoms with E-state index in [1.165, 1.54) is 0 Å². The predicted molar refractivity (Wildman–Crippen MR) is 103 cm³/mol. The molecule has 0 amide bonds. The summed E-state index contributed by atoms with van der Waals surface area (Å²) >= 11 is 5.61. The Hall–Kier alpha value is -1.75. The molecular formula is C20H27NO3S. The van der Waals surface area contributed by atoms with Crippen molar-refractivity contribution in [3.63, 3.8) is 0 Å². The molecule has 1 aromatic carbocycles. The quantitative estimate of drug-likeness (QED) is 0.450. The van der Waals surface area contributed by atoms with Crippen LogP contribution < -0.4 is 0 Å². The van der Waals surface area contributed by atoms with Gasteiger partial charge in [0.1, 0.15) is 11.6 Å². The minimum atomic E-state index is -0.512. The zero-order valence-electron chi connectivity index (χ0n) is 15.5. The number of esters is 1. The Kier molecular flexibility index (Phi) is 6.33. The minimum absolute atomic E-state index is 0.0727. The summed E-state index contributed by atoms with van der Waals surface area (Å²) in [6, 6.07) is 8.90. The number of thiocarbonyl (C=S) groups is 1. The van der Waals surface area contributed by atoms with Gasteiger partial charge in [-0.25, -0.2) is 4.79 Å². The lowest BCUT2D eigenvalue weighted by atomic mass is 9.99. The first-order valence-corrected chi connectivity index (χ1v) is 9.21. The van der Waals surface area contributed by atoms with Crippen molar-refractivity contribution in [3.05, 3.63) is 35.9 Å². The van der Waals surface area contributed by atoms with E-state index in [0.29, 0.717) is 17.0 Å². The molecule has 1 aliphatic rings. The van der Waals surface area contributed by atoms with Gasteiger partial charge in [-0.2, -0.15) is 0 Å². The van der Waals surface area contributed by atoms with Crippen molar-refractivity contribution in [3.8, 4) is 0 Å². The lowest BCUT2D eigenvalue weighted by molar-refractivity contribution is -0.159. The van der Waals surface area contributed by atoms with E-state index in [2.05, 4.69) is 0 Å². The number of Topliss-reactive ketones (excluding diaryl/α,β-unsaturated/α-hetero) is 1. The molecule has 136 valence electrons. The van der Waals surface area contributed by atoms with Gasteiger partial charge in [0.2, 0.25) is 0 Å². The highest BCUT2D eigenvalue weighted by Crippen LogP contribution is 2.25. The van der Waals surface area contributed by atoms with Crippen LogP contribution in [0.3, 0.4) is 0 Å². The number of carbonyl (C=O) groups excluding carboxylic acids is 2. The minimum Gasteiger partial charge on any atom is -0.458 e. The van der Waals surface area contributed by atoms with E-state index in [1.807, 2.05) is 62.9 Å². The number of hydrogen-bond acceptors (Lipinski definition) is 4. The Bertz CT molecular complexity index is 636. The van der Waals surface area contributed by atoms with Crippen LogP contribution >= 0.6 is 12.2 Å². The zero-order chi connectivity index (χ0) is 18.6. The van der Waals surface area contributed by atoms with Gasteiger partial charge in [0.15, 0.2) is 5.78 Å². The van der Waals surface area contributed by atoms with E-state index in [-0.39, 0.29) is 23.7 Å². The van der Waals surface area contributed by atoms with Crippen LogP contribution in [0.15, 0.2) is 30.3 Å². The third-order valence-electron chi connectivity index (χ3n) is 4.22. The van der Waals surface area contributed by atoms with Crippen LogP contribution in [0.5, 0.6) is 0 Å². The molecule has 0 aliphatic carbocycles. The summed E-state index contributed by atoms with van der Waals surface area (Å²) in [4.78, 5) is 27.5. The second kappa shape index (κ2) is 8.09. The molecule has 1 unspecified atom stereocenters. The molecule has 4 nitrogen and oxygen atoms in total. The number of carbonyl (C=O) groups is 2. The second-order valence-corrected chi connectivity index (χ2v) is 8.04. The topological polar surface area (TPSA) is 46.6 Å². The van der Waals surface area contributed by atoms with Gasteiger partial charge in [0, 0.05) is 24.4 Å². The Labute approximate surface area is 155 Å². The summed E-state index contributed by atoms with van der Waals surface area (Å²) in [7, 11) is 0. The number of benzene rings is 1. The van der Waals surface area contributed by atoms with Gasteiger partial charge in [-0.3, -0.25) is 4.79 Å². The number of ketones is 1. The van der Waals surface area contributed by atoms with E-state index in [9.17, 15) is 9.59 Å². The average molecular weight is 362 g/mol. The molecule has 0 bridgehead atoms. The Morgan fingerprint density at radius 1 is 1.28 bits per heavy atom. The number of hydrogen-bond donors (Lipinski definition) is 0. The van der Waals surface area contributed by atoms with Gasteiger partial charge in [-0.1, -0.05) is 49.5 Å². The van der Waals surface area contributed by atoms with E-state index in [4.69, 9.17) is 17.0 Å². The maximum atomic E-state index is 12.5. The monoisotopic (exact) mass is 361 g/mol. The van der Waals surface area contributed by atoms with Crippen LogP contribution in [-0.4, -0.2) is 39.8 Å². The van der Waals surface area contributed by atoms with Gasteiger partial charge < -0.3 is 9.64 Å². The van der Waals surface area contributed by atoms with E-state index in [0.717, 1.165) is 19.4 Å². The Morgan fingerprint density at radius 3 is 2.52 bits per heavy atom. The van der Waals surface area contributed by atoms with Gasteiger partial charge in [0.05, 0.1) is 4.99 Å². The third kappa shape index (κ3) is 5.36. The fourth-order valence-corrected chi connectivity index (χ4v) is 3.34. The number of nitrogens with zero attached hydrogens (tertiary/aromatic N) is 1. The van der Waals surface area contributed by atoms with Gasteiger partial charge in [-0.05, 0) is 33.6 Å². The molecule has 0 radical (unpaired) electrons. The van der Waals surface area contributed by atoms with Crippen LogP contribution in [0.1, 0.15) is 57.3 Å². The summed E-state index contributed by atoms with van der Waals surface area (Å²) in [6.45, 7) is 8.29. The van der Waals surface area contributed by atoms with Crippen molar-refractivity contribution >= 4 is 29.0 Å². The van der Waals surface area contributed by atoms with Crippen molar-refractivity contribution in [2.45, 2.75) is 58.6 Å². The van der Waals surface area contributed by atoms with Crippen LogP contribution in [0, 0.1) is 5.92 Å². The van der Waals surface area contributed by atoms with Crippen LogP contribution in [0.2, 0.25) is 0 Å². The van der Waals surface area contributed by atoms with Crippen molar-refractivity contribution < 1.29 is 14.3 Å². The van der Waals surface area contributed by atoms with Crippen LogP contribution in [0.4, 0.5) is 0 Å². The molecule has 0 spiro atoms. The Morgan fingerprint density at radius 2 is 1.92 bits per heavy atom. The Balaban J connectivity index is 2.00. The molecule has 1 fully saturated rings. The molecule has 5 heteroatoms. The lowest BCUT2D eigenvalue weighted by Gasteiger charge is -2.31. The summed E-state index contributed by atoms with van der Waals surface area (Å²) in [5, 5.41) is 0. The van der Waals surface area contributed by atoms with E-state index in [1.54, 1.807) is 0 Å². The zero-order valence-corrected chi connectivity index (χ0v) is 16.3. The molecule has 1 aliphatic heterocycles. The molecule has 1 aromatic rings. The SMILES string of the molecule is CC(CC(=O)c1ccccc1)C(=S)N1CCC[C@H]1C(=O)OC(C)(C)C. The third-order valence-corrected chi connectivity index (χ3v) is 4.86. The number of ether oxygens (including phenoxy) is 1. The lowest BCUT2D eigenvalue weighted by Crippen LogP contribution is -2.45. The summed E-state index contributed by atoms with van der Waals surface area (Å²) in [5.74, 6) is -0.247. The van der Waals surface area contributed by atoms with Crippen molar-refractivity contribution in [1.29, 1.82) is 0 Å². The largest absolute Gasteiger partial charge is 0.458 e. The van der Waals surface area contributed by atoms with Gasteiger partial charge >= 0.3 is 5.97 Å². The molecule has 25 heavy (non-hydrogen) atoms. The first kappa shape index (κ1) is 19.6. The molecular weight excluding hydrogens is 334 g/mol. The molecule has 2 atom stereocenters. The standard InChI is InChI=1S/C20H27NO3S/c1-14(13-17(22)15-9-6-5-7-10-15)18(25)21-12-8-11-16(21)19(23)24-20(2,3)4/h5-7,9-10,14,16H,8,11-13H2,1-4H3/t14?,16-/m0/s1. The van der Waals surface area contributed by atoms with Crippen molar-refractivity contribution in [1.82, 2.24) is 4.90 Å². The first-order valence-electron chi connectivity index (χ1n) is 8.80. The summed E-state index contributed by atoms with van der Waals surface area (Å²) in [5.41, 5.74) is 0.184. The van der Waals surface area contributed by atoms with E-state index >= 15 is 0 Å². The van der Waals surface area contributed by atoms with E-state index < -0.39 is 5.60 Å². The highest BCUT2D eigenvalue weighted by atomic mass is 32.1. The maximum absolute atomic E-state index is 12.5. The first-order chi connectivity index (χ1) is 11.7. The molecule has 1 heterocycles. The molecule has 2 rings (SSSR count). The fourth-order valence-electron chi connectivity index (χ4n) is 3.04. The number of rotatable bonds is 5. The van der Waals surface area contributed by atoms with Crippen LogP contribution in [0.25, 0.3) is 0 Å². The fraction of sp³-hybridized carbons (Fsp3) is 0.550. The molecule has 0 N–H and O–H groups in total.